The van der Waals surface area contributed by atoms with Gasteiger partial charge in [0.15, 0.2) is 5.78 Å². The Bertz CT molecular complexity index is 646. The number of hydrogen-bond donors (Lipinski definition) is 1. The zero-order valence-electron chi connectivity index (χ0n) is 10.3. The molecule has 2 aromatic heterocycles. The number of carboxylic acids is 1. The zero-order valence-corrected chi connectivity index (χ0v) is 11.2. The highest BCUT2D eigenvalue weighted by atomic mass is 32.1. The molecule has 2 aromatic rings. The molecule has 0 radical (unpaired) electrons. The highest BCUT2D eigenvalue weighted by Gasteiger charge is 2.11. The summed E-state index contributed by atoms with van der Waals surface area (Å²) in [5.41, 5.74) is 1.84. The van der Waals surface area contributed by atoms with Crippen LogP contribution in [0.3, 0.4) is 0 Å². The summed E-state index contributed by atoms with van der Waals surface area (Å²) in [5.74, 6) is -0.638. The van der Waals surface area contributed by atoms with Crippen molar-refractivity contribution in [2.75, 3.05) is 0 Å². The van der Waals surface area contributed by atoms with Crippen LogP contribution in [-0.4, -0.2) is 22.0 Å². The molecule has 19 heavy (non-hydrogen) atoms. The average Bonchev–Trinajstić information content (AvgIpc) is 2.95. The van der Waals surface area contributed by atoms with Crippen LogP contribution in [0.15, 0.2) is 22.0 Å². The molecule has 1 N–H and O–H groups in total. The topological polar surface area (TPSA) is 80.4 Å². The molecule has 0 aliphatic carbocycles. The summed E-state index contributed by atoms with van der Waals surface area (Å²) in [6, 6.07) is 1.37. The molecular weight excluding hydrogens is 266 g/mol. The Morgan fingerprint density at radius 3 is 2.68 bits per heavy atom. The van der Waals surface area contributed by atoms with Crippen molar-refractivity contribution >= 4 is 29.2 Å². The molecule has 0 unspecified atom stereocenters. The lowest BCUT2D eigenvalue weighted by atomic mass is 10.1. The Kier molecular flexibility index (Phi) is 3.62. The first-order valence-corrected chi connectivity index (χ1v) is 6.34. The van der Waals surface area contributed by atoms with Crippen LogP contribution in [0.5, 0.6) is 0 Å². The van der Waals surface area contributed by atoms with E-state index in [0.29, 0.717) is 17.0 Å². The second-order valence-electron chi connectivity index (χ2n) is 3.94. The first kappa shape index (κ1) is 13.2. The molecule has 0 fully saturated rings. The molecule has 0 atom stereocenters. The molecule has 0 spiro atoms. The summed E-state index contributed by atoms with van der Waals surface area (Å²) in [6.07, 6.45) is 3.02. The molecule has 0 bridgehead atoms. The normalized spacial score (nSPS) is 11.1. The highest BCUT2D eigenvalue weighted by molar-refractivity contribution is 7.12. The fourth-order valence-electron chi connectivity index (χ4n) is 1.56. The maximum absolute atomic E-state index is 11.9. The van der Waals surface area contributed by atoms with Crippen molar-refractivity contribution in [1.82, 2.24) is 5.16 Å². The summed E-state index contributed by atoms with van der Waals surface area (Å²) in [6.45, 7) is 3.55. The van der Waals surface area contributed by atoms with Crippen molar-refractivity contribution in [3.05, 3.63) is 45.0 Å². The third-order valence-corrected chi connectivity index (χ3v) is 3.50. The second-order valence-corrected chi connectivity index (χ2v) is 4.85. The number of thiophene rings is 1. The van der Waals surface area contributed by atoms with Crippen LogP contribution in [0.1, 0.15) is 37.0 Å². The van der Waals surface area contributed by atoms with E-state index in [1.807, 2.05) is 0 Å². The number of nitrogens with zero attached hydrogens (tertiary/aromatic N) is 1. The number of aromatic nitrogens is 1. The van der Waals surface area contributed by atoms with Gasteiger partial charge in [0.05, 0.1) is 5.69 Å². The van der Waals surface area contributed by atoms with Crippen LogP contribution in [-0.2, 0) is 0 Å². The van der Waals surface area contributed by atoms with E-state index in [0.717, 1.165) is 16.9 Å². The Hall–Kier alpha value is -2.21. The SMILES string of the molecule is Cc1noc(C)c1/C=C/C(=O)c1csc(C(=O)O)c1. The van der Waals surface area contributed by atoms with Gasteiger partial charge in [-0.05, 0) is 32.1 Å². The average molecular weight is 277 g/mol. The molecule has 0 aromatic carbocycles. The molecule has 5 nitrogen and oxygen atoms in total. The fourth-order valence-corrected chi connectivity index (χ4v) is 2.29. The zero-order chi connectivity index (χ0) is 14.0. The number of hydrogen-bond acceptors (Lipinski definition) is 5. The van der Waals surface area contributed by atoms with Crippen molar-refractivity contribution in [3.8, 4) is 0 Å². The molecule has 6 heteroatoms. The lowest BCUT2D eigenvalue weighted by Gasteiger charge is -1.90. The summed E-state index contributed by atoms with van der Waals surface area (Å²) in [5, 5.41) is 14.1. The quantitative estimate of drug-likeness (QED) is 0.686. The van der Waals surface area contributed by atoms with Gasteiger partial charge in [-0.2, -0.15) is 0 Å². The van der Waals surface area contributed by atoms with Gasteiger partial charge >= 0.3 is 5.97 Å². The number of carboxylic acid groups (broad SMARTS) is 1. The van der Waals surface area contributed by atoms with Crippen molar-refractivity contribution in [2.24, 2.45) is 0 Å². The standard InChI is InChI=1S/C13H11NO4S/c1-7-10(8(2)18-14-7)3-4-11(15)9-5-12(13(16)17)19-6-9/h3-6H,1-2H3,(H,16,17)/b4-3+. The number of carbonyl (C=O) groups is 2. The Morgan fingerprint density at radius 2 is 2.16 bits per heavy atom. The lowest BCUT2D eigenvalue weighted by molar-refractivity contribution is 0.0702. The van der Waals surface area contributed by atoms with E-state index >= 15 is 0 Å². The van der Waals surface area contributed by atoms with E-state index < -0.39 is 5.97 Å². The number of rotatable bonds is 4. The van der Waals surface area contributed by atoms with E-state index in [1.54, 1.807) is 19.9 Å². The monoisotopic (exact) mass is 277 g/mol. The van der Waals surface area contributed by atoms with Gasteiger partial charge in [-0.3, -0.25) is 4.79 Å². The van der Waals surface area contributed by atoms with Gasteiger partial charge in [0.25, 0.3) is 0 Å². The molecular formula is C13H11NO4S. The van der Waals surface area contributed by atoms with Crippen molar-refractivity contribution in [3.63, 3.8) is 0 Å². The smallest absolute Gasteiger partial charge is 0.345 e. The Morgan fingerprint density at radius 1 is 1.42 bits per heavy atom. The summed E-state index contributed by atoms with van der Waals surface area (Å²) >= 11 is 1.03. The van der Waals surface area contributed by atoms with Crippen LogP contribution >= 0.6 is 11.3 Å². The molecule has 0 aliphatic heterocycles. The molecule has 2 rings (SSSR count). The van der Waals surface area contributed by atoms with Crippen LogP contribution in [0.4, 0.5) is 0 Å². The van der Waals surface area contributed by atoms with Gasteiger partial charge < -0.3 is 9.63 Å². The van der Waals surface area contributed by atoms with E-state index in [1.165, 1.54) is 17.5 Å². The predicted octanol–water partition coefficient (Wildman–Crippen LogP) is 2.95. The summed E-state index contributed by atoms with van der Waals surface area (Å²) in [4.78, 5) is 22.8. The number of aromatic carboxylic acids is 1. The van der Waals surface area contributed by atoms with Crippen LogP contribution in [0, 0.1) is 13.8 Å². The van der Waals surface area contributed by atoms with Crippen LogP contribution in [0.25, 0.3) is 6.08 Å². The van der Waals surface area contributed by atoms with Crippen molar-refractivity contribution in [1.29, 1.82) is 0 Å². The van der Waals surface area contributed by atoms with Crippen LogP contribution in [0.2, 0.25) is 0 Å². The number of carbonyl (C=O) groups excluding carboxylic acids is 1. The minimum absolute atomic E-state index is 0.147. The fraction of sp³-hybridized carbons (Fsp3) is 0.154. The molecule has 98 valence electrons. The van der Waals surface area contributed by atoms with Gasteiger partial charge in [-0.1, -0.05) is 5.16 Å². The number of allylic oxidation sites excluding steroid dienone is 1. The van der Waals surface area contributed by atoms with E-state index in [4.69, 9.17) is 9.63 Å². The molecule has 0 aliphatic rings. The van der Waals surface area contributed by atoms with E-state index in [-0.39, 0.29) is 10.7 Å². The third-order valence-electron chi connectivity index (χ3n) is 2.58. The van der Waals surface area contributed by atoms with Gasteiger partial charge in [-0.25, -0.2) is 4.79 Å². The Balaban J connectivity index is 2.19. The molecule has 2 heterocycles. The maximum atomic E-state index is 11.9. The van der Waals surface area contributed by atoms with E-state index in [9.17, 15) is 9.59 Å². The first-order valence-electron chi connectivity index (χ1n) is 5.46. The molecule has 0 amide bonds. The molecule has 0 saturated carbocycles. The van der Waals surface area contributed by atoms with Crippen molar-refractivity contribution in [2.45, 2.75) is 13.8 Å². The van der Waals surface area contributed by atoms with E-state index in [2.05, 4.69) is 5.16 Å². The summed E-state index contributed by atoms with van der Waals surface area (Å²) in [7, 11) is 0. The minimum atomic E-state index is -1.03. The molecule has 0 saturated heterocycles. The number of ketones is 1. The van der Waals surface area contributed by atoms with Gasteiger partial charge in [0.1, 0.15) is 10.6 Å². The summed E-state index contributed by atoms with van der Waals surface area (Å²) < 4.78 is 4.98. The highest BCUT2D eigenvalue weighted by Crippen LogP contribution is 2.17. The minimum Gasteiger partial charge on any atom is -0.477 e. The largest absolute Gasteiger partial charge is 0.477 e. The maximum Gasteiger partial charge on any atom is 0.345 e. The first-order chi connectivity index (χ1) is 8.99. The van der Waals surface area contributed by atoms with Gasteiger partial charge in [-0.15, -0.1) is 11.3 Å². The predicted molar refractivity (Wildman–Crippen MR) is 70.6 cm³/mol. The third kappa shape index (κ3) is 2.79. The van der Waals surface area contributed by atoms with Gasteiger partial charge in [0.2, 0.25) is 0 Å². The van der Waals surface area contributed by atoms with Crippen molar-refractivity contribution < 1.29 is 19.2 Å². The van der Waals surface area contributed by atoms with Crippen LogP contribution < -0.4 is 0 Å². The number of aryl methyl sites for hydroxylation is 2. The second kappa shape index (κ2) is 5.19. The Labute approximate surface area is 113 Å². The lowest BCUT2D eigenvalue weighted by Crippen LogP contribution is -1.94. The van der Waals surface area contributed by atoms with Gasteiger partial charge in [0, 0.05) is 16.5 Å².